The van der Waals surface area contributed by atoms with Crippen molar-refractivity contribution in [3.8, 4) is 0 Å². The van der Waals surface area contributed by atoms with Crippen LogP contribution in [0.15, 0.2) is 28.6 Å². The molecule has 0 rings (SSSR count). The van der Waals surface area contributed by atoms with Crippen LogP contribution in [0, 0.1) is 0 Å². The quantitative estimate of drug-likeness (QED) is 0.267. The highest BCUT2D eigenvalue weighted by atomic mass is 79.9. The fourth-order valence-corrected chi connectivity index (χ4v) is 2.28. The molecule has 0 fully saturated rings. The van der Waals surface area contributed by atoms with E-state index in [-0.39, 0.29) is 28.6 Å². The summed E-state index contributed by atoms with van der Waals surface area (Å²) in [5, 5.41) is -1.09. The monoisotopic (exact) mass is 468 g/mol. The molecule has 0 saturated carbocycles. The maximum atomic E-state index is 10.8. The summed E-state index contributed by atoms with van der Waals surface area (Å²) in [4.78, 5) is 10.8. The molecule has 0 radical (unpaired) electrons. The minimum atomic E-state index is -0.758. The first-order valence-corrected chi connectivity index (χ1v) is 7.07. The zero-order valence-electron chi connectivity index (χ0n) is 6.93. The molecule has 90 valence electrons. The summed E-state index contributed by atoms with van der Waals surface area (Å²) < 4.78 is -0.127. The van der Waals surface area contributed by atoms with Gasteiger partial charge in [-0.25, -0.2) is 0 Å². The van der Waals surface area contributed by atoms with E-state index in [1.807, 2.05) is 0 Å². The van der Waals surface area contributed by atoms with Gasteiger partial charge in [0.25, 0.3) is 5.24 Å². The van der Waals surface area contributed by atoms with E-state index in [4.69, 9.17) is 69.6 Å². The van der Waals surface area contributed by atoms with E-state index < -0.39 is 5.24 Å². The topological polar surface area (TPSA) is 17.1 Å². The third-order valence-electron chi connectivity index (χ3n) is 1.11. The van der Waals surface area contributed by atoms with Crippen LogP contribution in [0.1, 0.15) is 0 Å². The Morgan fingerprint density at radius 1 is 0.688 bits per heavy atom. The Morgan fingerprint density at radius 3 is 1.44 bits per heavy atom. The number of halogens is 8. The van der Waals surface area contributed by atoms with Gasteiger partial charge in [0.05, 0.1) is 24.1 Å². The zero-order chi connectivity index (χ0) is 13.0. The van der Waals surface area contributed by atoms with Crippen molar-refractivity contribution in [2.75, 3.05) is 0 Å². The molecule has 0 saturated heterocycles. The van der Waals surface area contributed by atoms with Crippen molar-refractivity contribution in [1.29, 1.82) is 0 Å². The Morgan fingerprint density at radius 2 is 1.12 bits per heavy atom. The van der Waals surface area contributed by atoms with Gasteiger partial charge < -0.3 is 0 Å². The van der Waals surface area contributed by atoms with Crippen LogP contribution in [-0.4, -0.2) is 5.24 Å². The van der Waals surface area contributed by atoms with Gasteiger partial charge in [-0.2, -0.15) is 0 Å². The summed E-state index contributed by atoms with van der Waals surface area (Å²) in [6, 6.07) is 0. The van der Waals surface area contributed by atoms with Crippen LogP contribution in [0.3, 0.4) is 0 Å². The molecule has 1 nitrogen and oxygen atoms in total. The van der Waals surface area contributed by atoms with Gasteiger partial charge in [0.2, 0.25) is 0 Å². The highest BCUT2D eigenvalue weighted by Crippen LogP contribution is 2.38. The van der Waals surface area contributed by atoms with Gasteiger partial charge in [-0.05, 0) is 43.5 Å². The van der Waals surface area contributed by atoms with Crippen LogP contribution in [0.5, 0.6) is 0 Å². The smallest absolute Gasteiger partial charge is 0.260 e. The molecule has 0 atom stereocenters. The first kappa shape index (κ1) is 17.6. The Bertz CT molecular complexity index is 407. The molecule has 0 unspecified atom stereocenters. The van der Waals surface area contributed by atoms with Gasteiger partial charge in [0.1, 0.15) is 4.49 Å². The van der Waals surface area contributed by atoms with Gasteiger partial charge in [-0.15, -0.1) is 0 Å². The SMILES string of the molecule is O=C(Cl)/C(Br)=C(Br)\C(Cl)=C(\Cl)C(Cl)=C(Cl)Cl. The van der Waals surface area contributed by atoms with Crippen LogP contribution in [-0.2, 0) is 4.79 Å². The fourth-order valence-electron chi connectivity index (χ4n) is 0.458. The number of carbonyl (C=O) groups excluding carboxylic acids is 1. The first-order valence-electron chi connectivity index (χ1n) is 3.22. The number of allylic oxidation sites excluding steroid dienone is 5. The molecule has 0 amide bonds. The lowest BCUT2D eigenvalue weighted by atomic mass is 10.4. The highest BCUT2D eigenvalue weighted by Gasteiger charge is 2.16. The van der Waals surface area contributed by atoms with Crippen LogP contribution in [0.25, 0.3) is 0 Å². The maximum Gasteiger partial charge on any atom is 0.260 e. The lowest BCUT2D eigenvalue weighted by Gasteiger charge is -2.03. The minimum absolute atomic E-state index is 0.00696. The van der Waals surface area contributed by atoms with Crippen molar-refractivity contribution in [2.45, 2.75) is 0 Å². The Kier molecular flexibility index (Phi) is 8.69. The third kappa shape index (κ3) is 5.07. The van der Waals surface area contributed by atoms with E-state index in [1.165, 1.54) is 0 Å². The van der Waals surface area contributed by atoms with Crippen LogP contribution in [0.2, 0.25) is 0 Å². The Balaban J connectivity index is 5.61. The molecule has 0 heterocycles. The summed E-state index contributed by atoms with van der Waals surface area (Å²) >= 11 is 39.2. The van der Waals surface area contributed by atoms with E-state index in [0.717, 1.165) is 0 Å². The van der Waals surface area contributed by atoms with E-state index in [9.17, 15) is 4.79 Å². The zero-order valence-corrected chi connectivity index (χ0v) is 14.6. The minimum Gasteiger partial charge on any atom is -0.275 e. The summed E-state index contributed by atoms with van der Waals surface area (Å²) in [6.45, 7) is 0. The van der Waals surface area contributed by atoms with Gasteiger partial charge in [-0.3, -0.25) is 4.79 Å². The molecule has 0 aliphatic rings. The summed E-state index contributed by atoms with van der Waals surface area (Å²) in [5.41, 5.74) is 0. The van der Waals surface area contributed by atoms with Crippen LogP contribution < -0.4 is 0 Å². The van der Waals surface area contributed by atoms with Gasteiger partial charge in [0, 0.05) is 0 Å². The summed E-state index contributed by atoms with van der Waals surface area (Å²) in [7, 11) is 0. The van der Waals surface area contributed by atoms with E-state index >= 15 is 0 Å². The molecule has 0 aromatic rings. The predicted molar refractivity (Wildman–Crippen MR) is 79.1 cm³/mol. The molecule has 0 N–H and O–H groups in total. The first-order chi connectivity index (χ1) is 7.20. The van der Waals surface area contributed by atoms with Crippen molar-refractivity contribution < 1.29 is 4.79 Å². The highest BCUT2D eigenvalue weighted by molar-refractivity contribution is 9.14. The Labute approximate surface area is 139 Å². The molecule has 0 aromatic heterocycles. The molecular formula is C7Br2Cl6O. The molecule has 0 aliphatic carbocycles. The van der Waals surface area contributed by atoms with Crippen molar-refractivity contribution in [2.24, 2.45) is 0 Å². The van der Waals surface area contributed by atoms with Gasteiger partial charge in [-0.1, -0.05) is 58.0 Å². The van der Waals surface area contributed by atoms with Gasteiger partial charge >= 0.3 is 0 Å². The second-order valence-electron chi connectivity index (χ2n) is 2.10. The van der Waals surface area contributed by atoms with Crippen LogP contribution in [0.4, 0.5) is 0 Å². The van der Waals surface area contributed by atoms with Crippen molar-refractivity contribution in [3.05, 3.63) is 28.6 Å². The standard InChI is InChI=1S/C7Br2Cl6O/c8-1(2(9)7(15)16)3(10)4(11)5(12)6(13)14/b2-1-,4-3-. The average molecular weight is 473 g/mol. The molecule has 0 aliphatic heterocycles. The van der Waals surface area contributed by atoms with Gasteiger partial charge in [0.15, 0.2) is 0 Å². The fraction of sp³-hybridized carbons (Fsp3) is 0. The van der Waals surface area contributed by atoms with E-state index in [0.29, 0.717) is 0 Å². The number of carbonyl (C=O) groups is 1. The molecule has 0 aromatic carbocycles. The lowest BCUT2D eigenvalue weighted by molar-refractivity contribution is -0.107. The van der Waals surface area contributed by atoms with Crippen LogP contribution >= 0.6 is 101 Å². The molecule has 0 spiro atoms. The molecule has 16 heavy (non-hydrogen) atoms. The number of hydrogen-bond donors (Lipinski definition) is 0. The average Bonchev–Trinajstić information content (AvgIpc) is 2.23. The van der Waals surface area contributed by atoms with Crippen molar-refractivity contribution in [3.63, 3.8) is 0 Å². The van der Waals surface area contributed by atoms with E-state index in [1.54, 1.807) is 0 Å². The van der Waals surface area contributed by atoms with Crippen molar-refractivity contribution >= 4 is 107 Å². The molecule has 9 heteroatoms. The van der Waals surface area contributed by atoms with E-state index in [2.05, 4.69) is 31.9 Å². The third-order valence-corrected chi connectivity index (χ3v) is 5.74. The predicted octanol–water partition coefficient (Wildman–Crippen LogP) is 6.33. The summed E-state index contributed by atoms with van der Waals surface area (Å²) in [5.74, 6) is 0. The maximum absolute atomic E-state index is 10.8. The number of hydrogen-bond acceptors (Lipinski definition) is 1. The molecule has 0 bridgehead atoms. The van der Waals surface area contributed by atoms with Crippen molar-refractivity contribution in [1.82, 2.24) is 0 Å². The largest absolute Gasteiger partial charge is 0.275 e. The summed E-state index contributed by atoms with van der Waals surface area (Å²) in [6.07, 6.45) is 0. The Hall–Kier alpha value is 1.59. The lowest BCUT2D eigenvalue weighted by Crippen LogP contribution is -1.90. The second kappa shape index (κ2) is 7.90. The second-order valence-corrected chi connectivity index (χ2v) is 6.12. The number of rotatable bonds is 3. The molecular weight excluding hydrogens is 473 g/mol. The normalized spacial score (nSPS) is 14.0.